The van der Waals surface area contributed by atoms with Gasteiger partial charge >= 0.3 is 7.12 Å². The van der Waals surface area contributed by atoms with Gasteiger partial charge in [-0.25, -0.2) is 0 Å². The van der Waals surface area contributed by atoms with Crippen LogP contribution in [-0.2, 0) is 14.0 Å². The van der Waals surface area contributed by atoms with Crippen molar-refractivity contribution in [2.24, 2.45) is 5.73 Å². The molecule has 3 aliphatic rings. The lowest BCUT2D eigenvalue weighted by molar-refractivity contribution is -0.0387. The third-order valence-corrected chi connectivity index (χ3v) is 3.74. The molecule has 0 unspecified atom stereocenters. The average molecular weight is 283 g/mol. The van der Waals surface area contributed by atoms with Crippen LogP contribution in [0.2, 0.25) is 0 Å². The summed E-state index contributed by atoms with van der Waals surface area (Å²) in [6.45, 7) is 2.11. The highest BCUT2D eigenvalue weighted by atomic mass is 35.5. The molecular weight excluding hydrogens is 268 g/mol. The van der Waals surface area contributed by atoms with Gasteiger partial charge in [-0.2, -0.15) is 0 Å². The Morgan fingerprint density at radius 3 is 3.16 bits per heavy atom. The van der Waals surface area contributed by atoms with Crippen LogP contribution in [0.4, 0.5) is 0 Å². The molecule has 0 aromatic heterocycles. The first kappa shape index (κ1) is 13.1. The summed E-state index contributed by atoms with van der Waals surface area (Å²) < 4.78 is 17.3. The third-order valence-electron chi connectivity index (χ3n) is 3.43. The highest BCUT2D eigenvalue weighted by Gasteiger charge is 2.56. The van der Waals surface area contributed by atoms with Gasteiger partial charge in [0.25, 0.3) is 5.76 Å². The van der Waals surface area contributed by atoms with Crippen LogP contribution in [0.1, 0.15) is 6.92 Å². The van der Waals surface area contributed by atoms with Crippen molar-refractivity contribution in [3.8, 4) is 0 Å². The van der Waals surface area contributed by atoms with E-state index in [1.54, 1.807) is 13.0 Å². The highest BCUT2D eigenvalue weighted by Crippen LogP contribution is 2.41. The summed E-state index contributed by atoms with van der Waals surface area (Å²) in [4.78, 5) is 0. The van der Waals surface area contributed by atoms with Gasteiger partial charge in [0, 0.05) is 18.1 Å². The molecule has 19 heavy (non-hydrogen) atoms. The first-order chi connectivity index (χ1) is 9.08. The van der Waals surface area contributed by atoms with Crippen LogP contribution < -0.4 is 5.73 Å². The molecule has 1 aliphatic carbocycles. The summed E-state index contributed by atoms with van der Waals surface area (Å²) in [5, 5.41) is 9.98. The van der Waals surface area contributed by atoms with Crippen molar-refractivity contribution in [3.05, 3.63) is 34.0 Å². The smallest absolute Gasteiger partial charge is 0.463 e. The van der Waals surface area contributed by atoms with Gasteiger partial charge in [-0.3, -0.25) is 0 Å². The Balaban J connectivity index is 2.05. The van der Waals surface area contributed by atoms with Crippen molar-refractivity contribution < 1.29 is 19.2 Å². The maximum Gasteiger partial charge on any atom is 0.581 e. The largest absolute Gasteiger partial charge is 0.581 e. The Morgan fingerprint density at radius 2 is 2.47 bits per heavy atom. The molecule has 2 atom stereocenters. The van der Waals surface area contributed by atoms with Crippen LogP contribution in [-0.4, -0.2) is 43.7 Å². The molecule has 1 saturated heterocycles. The second-order valence-electron chi connectivity index (χ2n) is 5.00. The molecule has 0 bridgehead atoms. The minimum Gasteiger partial charge on any atom is -0.463 e. The number of allylic oxidation sites excluding steroid dienone is 3. The van der Waals surface area contributed by atoms with Crippen LogP contribution in [0.25, 0.3) is 0 Å². The zero-order chi connectivity index (χ0) is 13.6. The van der Waals surface area contributed by atoms with Crippen molar-refractivity contribution >= 4 is 18.7 Å². The molecule has 7 heteroatoms. The monoisotopic (exact) mass is 282 g/mol. The standard InChI is InChI=1S/C12H14BClNO4/c1-12(5-16)6-17-8-3-2-7(14)10-9(4-15)18-13(19-12)11(8)10/h2,9,16H,4-6,15H2,1H3/q+1/t9-,12-/m1/s1. The van der Waals surface area contributed by atoms with Crippen molar-refractivity contribution in [2.75, 3.05) is 19.8 Å². The summed E-state index contributed by atoms with van der Waals surface area (Å²) in [5.41, 5.74) is 6.41. The zero-order valence-electron chi connectivity index (χ0n) is 10.5. The van der Waals surface area contributed by atoms with E-state index < -0.39 is 12.7 Å². The topological polar surface area (TPSA) is 73.9 Å². The molecule has 0 spiro atoms. The summed E-state index contributed by atoms with van der Waals surface area (Å²) in [5.74, 6) is 0.553. The lowest BCUT2D eigenvalue weighted by atomic mass is 9.73. The third kappa shape index (κ3) is 2.01. The van der Waals surface area contributed by atoms with E-state index in [2.05, 4.69) is 6.08 Å². The van der Waals surface area contributed by atoms with Gasteiger partial charge in [0.15, 0.2) is 5.03 Å². The predicted molar refractivity (Wildman–Crippen MR) is 69.9 cm³/mol. The number of rotatable bonds is 2. The SMILES string of the molecule is C[C@@]1(CO)COC2=C3B(O[C@H](CN)C3=C(Cl)C=[C+]2)O1. The van der Waals surface area contributed by atoms with E-state index in [4.69, 9.17) is 31.4 Å². The van der Waals surface area contributed by atoms with E-state index in [1.165, 1.54) is 0 Å². The molecule has 0 radical (unpaired) electrons. The van der Waals surface area contributed by atoms with E-state index in [9.17, 15) is 5.11 Å². The van der Waals surface area contributed by atoms with Crippen LogP contribution in [0.15, 0.2) is 27.9 Å². The van der Waals surface area contributed by atoms with Gasteiger partial charge in [0.1, 0.15) is 35.4 Å². The first-order valence-electron chi connectivity index (χ1n) is 6.09. The van der Waals surface area contributed by atoms with Crippen LogP contribution in [0.5, 0.6) is 0 Å². The number of hydrogen-bond acceptors (Lipinski definition) is 5. The Hall–Kier alpha value is -0.875. The molecule has 0 aromatic rings. The first-order valence-corrected chi connectivity index (χ1v) is 6.47. The highest BCUT2D eigenvalue weighted by molar-refractivity contribution is 6.58. The Morgan fingerprint density at radius 1 is 1.68 bits per heavy atom. The fraction of sp³-hybridized carbons (Fsp3) is 0.500. The Bertz CT molecular complexity index is 504. The molecular formula is C12H14BClNO4+. The van der Waals surface area contributed by atoms with Crippen molar-refractivity contribution in [1.29, 1.82) is 0 Å². The molecule has 2 heterocycles. The van der Waals surface area contributed by atoms with E-state index >= 15 is 0 Å². The molecule has 100 valence electrons. The molecule has 0 amide bonds. The van der Waals surface area contributed by atoms with E-state index in [1.807, 2.05) is 0 Å². The fourth-order valence-corrected chi connectivity index (χ4v) is 2.64. The molecule has 3 rings (SSSR count). The van der Waals surface area contributed by atoms with Gasteiger partial charge < -0.3 is 24.9 Å². The maximum atomic E-state index is 9.44. The minimum atomic E-state index is -0.829. The fourth-order valence-electron chi connectivity index (χ4n) is 2.36. The van der Waals surface area contributed by atoms with E-state index in [-0.39, 0.29) is 19.3 Å². The summed E-state index contributed by atoms with van der Waals surface area (Å²) >= 11 is 6.19. The van der Waals surface area contributed by atoms with Crippen LogP contribution >= 0.6 is 11.6 Å². The van der Waals surface area contributed by atoms with Gasteiger partial charge in [-0.05, 0) is 6.92 Å². The lowest BCUT2D eigenvalue weighted by Gasteiger charge is -2.26. The summed E-state index contributed by atoms with van der Waals surface area (Å²) in [6.07, 6.45) is 4.29. The van der Waals surface area contributed by atoms with Gasteiger partial charge in [0.05, 0.1) is 12.7 Å². The molecule has 5 nitrogen and oxygen atoms in total. The molecule has 3 N–H and O–H groups in total. The second-order valence-corrected chi connectivity index (χ2v) is 5.41. The molecule has 1 fully saturated rings. The lowest BCUT2D eigenvalue weighted by Crippen LogP contribution is -2.42. The maximum absolute atomic E-state index is 9.44. The van der Waals surface area contributed by atoms with E-state index in [0.717, 1.165) is 11.0 Å². The average Bonchev–Trinajstić information content (AvgIpc) is 2.70. The van der Waals surface area contributed by atoms with Gasteiger partial charge in [0.2, 0.25) is 0 Å². The number of aliphatic hydroxyl groups excluding tert-OH is 1. The number of aliphatic hydroxyl groups is 1. The number of nitrogens with two attached hydrogens (primary N) is 1. The van der Waals surface area contributed by atoms with Crippen molar-refractivity contribution in [2.45, 2.75) is 18.6 Å². The summed E-state index contributed by atoms with van der Waals surface area (Å²) in [7, 11) is -0.631. The van der Waals surface area contributed by atoms with Crippen molar-refractivity contribution in [3.63, 3.8) is 0 Å². The predicted octanol–water partition coefficient (Wildman–Crippen LogP) is 0.289. The quantitative estimate of drug-likeness (QED) is 0.562. The number of ether oxygens (including phenoxy) is 1. The number of hydrogen-bond donors (Lipinski definition) is 2. The normalized spacial score (nSPS) is 33.1. The second kappa shape index (κ2) is 4.60. The zero-order valence-corrected chi connectivity index (χ0v) is 11.2. The molecule has 2 aliphatic heterocycles. The van der Waals surface area contributed by atoms with Gasteiger partial charge in [-0.1, -0.05) is 0 Å². The van der Waals surface area contributed by atoms with Gasteiger partial charge in [-0.15, -0.1) is 0 Å². The summed E-state index contributed by atoms with van der Waals surface area (Å²) in [6, 6.07) is 0. The molecule has 0 saturated carbocycles. The van der Waals surface area contributed by atoms with E-state index in [0.29, 0.717) is 17.3 Å². The number of halogens is 1. The van der Waals surface area contributed by atoms with Crippen LogP contribution in [0.3, 0.4) is 0 Å². The minimum absolute atomic E-state index is 0.169. The Labute approximate surface area is 116 Å². The van der Waals surface area contributed by atoms with Crippen LogP contribution in [0, 0.1) is 6.08 Å². The molecule has 0 aromatic carbocycles. The van der Waals surface area contributed by atoms with Crippen molar-refractivity contribution in [1.82, 2.24) is 0 Å². The Kier molecular flexibility index (Phi) is 3.17.